The van der Waals surface area contributed by atoms with E-state index in [2.05, 4.69) is 11.9 Å². The first kappa shape index (κ1) is 9.27. The number of fused-ring (bicyclic) bond motifs is 1. The molecule has 0 unspecified atom stereocenters. The van der Waals surface area contributed by atoms with Crippen molar-refractivity contribution in [2.45, 2.75) is 12.8 Å². The number of hydrogen-bond donors (Lipinski definition) is 1. The molecule has 0 aliphatic carbocycles. The minimum Gasteiger partial charge on any atom is -0.475 e. The first-order chi connectivity index (χ1) is 6.66. The number of rotatable bonds is 1. The zero-order valence-electron chi connectivity index (χ0n) is 8.12. The number of carboxylic acids is 1. The summed E-state index contributed by atoms with van der Waals surface area (Å²) in [6.45, 7) is 1.89. The van der Waals surface area contributed by atoms with E-state index in [1.807, 2.05) is 0 Å². The molecule has 0 saturated heterocycles. The molecule has 2 rings (SSSR count). The maximum absolute atomic E-state index is 10.7. The highest BCUT2D eigenvalue weighted by Gasteiger charge is 2.18. The highest BCUT2D eigenvalue weighted by Crippen LogP contribution is 2.19. The molecule has 0 amide bonds. The highest BCUT2D eigenvalue weighted by molar-refractivity contribution is 5.84. The second-order valence-corrected chi connectivity index (χ2v) is 3.67. The summed E-state index contributed by atoms with van der Waals surface area (Å²) in [4.78, 5) is 12.9. The van der Waals surface area contributed by atoms with E-state index in [1.54, 1.807) is 6.07 Å². The molecule has 1 N–H and O–H groups in total. The number of carbonyl (C=O) groups is 1. The molecule has 0 aromatic carbocycles. The number of carboxylic acid groups (broad SMARTS) is 1. The molecule has 14 heavy (non-hydrogen) atoms. The number of nitrogens with zero attached hydrogens (tertiary/aromatic N) is 1. The van der Waals surface area contributed by atoms with Crippen molar-refractivity contribution in [1.29, 1.82) is 0 Å². The summed E-state index contributed by atoms with van der Waals surface area (Å²) < 4.78 is 5.27. The molecule has 0 spiro atoms. The highest BCUT2D eigenvalue weighted by atomic mass is 16.4. The zero-order chi connectivity index (χ0) is 10.1. The molecule has 4 heteroatoms. The van der Waals surface area contributed by atoms with Crippen molar-refractivity contribution in [2.75, 3.05) is 20.1 Å². The van der Waals surface area contributed by atoms with Gasteiger partial charge in [0.15, 0.2) is 0 Å². The summed E-state index contributed by atoms with van der Waals surface area (Å²) in [5.41, 5.74) is 1.05. The number of furan rings is 1. The third-order valence-electron chi connectivity index (χ3n) is 2.59. The van der Waals surface area contributed by atoms with Gasteiger partial charge in [0.2, 0.25) is 5.76 Å². The van der Waals surface area contributed by atoms with Gasteiger partial charge in [-0.25, -0.2) is 4.79 Å². The van der Waals surface area contributed by atoms with E-state index in [9.17, 15) is 4.79 Å². The van der Waals surface area contributed by atoms with Crippen molar-refractivity contribution in [2.24, 2.45) is 0 Å². The predicted molar refractivity (Wildman–Crippen MR) is 50.6 cm³/mol. The lowest BCUT2D eigenvalue weighted by atomic mass is 10.1. The summed E-state index contributed by atoms with van der Waals surface area (Å²) in [6, 6.07) is 1.65. The predicted octanol–water partition coefficient (Wildman–Crippen LogP) is 1.01. The van der Waals surface area contributed by atoms with E-state index >= 15 is 0 Å². The molecular weight excluding hydrogens is 182 g/mol. The second-order valence-electron chi connectivity index (χ2n) is 3.67. The first-order valence-corrected chi connectivity index (χ1v) is 4.70. The Bertz CT molecular complexity index is 331. The lowest BCUT2D eigenvalue weighted by Crippen LogP contribution is -2.20. The topological polar surface area (TPSA) is 53.7 Å². The summed E-state index contributed by atoms with van der Waals surface area (Å²) in [6.07, 6.45) is 1.68. The van der Waals surface area contributed by atoms with Crippen LogP contribution in [0, 0.1) is 0 Å². The minimum atomic E-state index is -0.980. The smallest absolute Gasteiger partial charge is 0.371 e. The van der Waals surface area contributed by atoms with Crippen LogP contribution in [0.1, 0.15) is 21.9 Å². The molecule has 0 atom stereocenters. The van der Waals surface area contributed by atoms with Crippen LogP contribution in [0.3, 0.4) is 0 Å². The van der Waals surface area contributed by atoms with Crippen molar-refractivity contribution in [1.82, 2.24) is 4.90 Å². The van der Waals surface area contributed by atoms with Crippen molar-refractivity contribution in [3.63, 3.8) is 0 Å². The zero-order valence-corrected chi connectivity index (χ0v) is 8.12. The monoisotopic (exact) mass is 195 g/mol. The van der Waals surface area contributed by atoms with Crippen LogP contribution < -0.4 is 0 Å². The van der Waals surface area contributed by atoms with Crippen LogP contribution in [0.15, 0.2) is 10.5 Å². The maximum atomic E-state index is 10.7. The molecule has 76 valence electrons. The fraction of sp³-hybridized carbons (Fsp3) is 0.500. The lowest BCUT2D eigenvalue weighted by molar-refractivity contribution is 0.0660. The fourth-order valence-electron chi connectivity index (χ4n) is 1.71. The van der Waals surface area contributed by atoms with Gasteiger partial charge in [-0.05, 0) is 25.1 Å². The van der Waals surface area contributed by atoms with E-state index in [1.165, 1.54) is 0 Å². The molecule has 1 aromatic heterocycles. The van der Waals surface area contributed by atoms with Gasteiger partial charge >= 0.3 is 5.97 Å². The summed E-state index contributed by atoms with van der Waals surface area (Å²) in [5.74, 6) is -0.0715. The summed E-state index contributed by atoms with van der Waals surface area (Å²) >= 11 is 0. The van der Waals surface area contributed by atoms with Crippen LogP contribution in [0.25, 0.3) is 0 Å². The maximum Gasteiger partial charge on any atom is 0.371 e. The molecular formula is C10H13NO3. The Morgan fingerprint density at radius 2 is 2.21 bits per heavy atom. The molecule has 1 aromatic rings. The summed E-state index contributed by atoms with van der Waals surface area (Å²) in [7, 11) is 2.06. The number of hydrogen-bond acceptors (Lipinski definition) is 3. The van der Waals surface area contributed by atoms with Crippen LogP contribution in [-0.2, 0) is 12.8 Å². The van der Waals surface area contributed by atoms with E-state index in [0.717, 1.165) is 37.3 Å². The van der Waals surface area contributed by atoms with Gasteiger partial charge in [0.1, 0.15) is 5.76 Å². The van der Waals surface area contributed by atoms with Gasteiger partial charge in [0.25, 0.3) is 0 Å². The molecule has 1 aliphatic heterocycles. The molecule has 0 bridgehead atoms. The second kappa shape index (κ2) is 3.46. The Hall–Kier alpha value is -1.29. The average molecular weight is 195 g/mol. The number of likely N-dealkylation sites (N-methyl/N-ethyl adjacent to an activating group) is 1. The summed E-state index contributed by atoms with van der Waals surface area (Å²) in [5, 5.41) is 8.75. The first-order valence-electron chi connectivity index (χ1n) is 4.70. The Morgan fingerprint density at radius 3 is 2.93 bits per heavy atom. The van der Waals surface area contributed by atoms with Crippen molar-refractivity contribution in [3.8, 4) is 0 Å². The average Bonchev–Trinajstić information content (AvgIpc) is 2.48. The van der Waals surface area contributed by atoms with Crippen LogP contribution in [0.2, 0.25) is 0 Å². The van der Waals surface area contributed by atoms with Gasteiger partial charge in [-0.3, -0.25) is 0 Å². The van der Waals surface area contributed by atoms with Gasteiger partial charge in [-0.2, -0.15) is 0 Å². The Kier molecular flexibility index (Phi) is 2.29. The molecule has 0 fully saturated rings. The molecule has 0 radical (unpaired) electrons. The van der Waals surface area contributed by atoms with Gasteiger partial charge in [0, 0.05) is 19.5 Å². The molecule has 2 heterocycles. The normalized spacial score (nSPS) is 17.5. The Labute approximate surface area is 82.1 Å². The third kappa shape index (κ3) is 1.65. The largest absolute Gasteiger partial charge is 0.475 e. The third-order valence-corrected chi connectivity index (χ3v) is 2.59. The standard InChI is InChI=1S/C10H13NO3/c1-11-4-2-7-6-9(10(12)13)14-8(7)3-5-11/h6H,2-5H2,1H3,(H,12,13). The fourth-order valence-corrected chi connectivity index (χ4v) is 1.71. The van der Waals surface area contributed by atoms with Crippen molar-refractivity contribution >= 4 is 5.97 Å². The van der Waals surface area contributed by atoms with E-state index in [4.69, 9.17) is 9.52 Å². The quantitative estimate of drug-likeness (QED) is 0.726. The van der Waals surface area contributed by atoms with E-state index in [0.29, 0.717) is 0 Å². The van der Waals surface area contributed by atoms with Crippen LogP contribution in [0.5, 0.6) is 0 Å². The van der Waals surface area contributed by atoms with Crippen molar-refractivity contribution in [3.05, 3.63) is 23.2 Å². The molecule has 0 saturated carbocycles. The Morgan fingerprint density at radius 1 is 1.50 bits per heavy atom. The van der Waals surface area contributed by atoms with E-state index in [-0.39, 0.29) is 5.76 Å². The van der Waals surface area contributed by atoms with Crippen LogP contribution in [-0.4, -0.2) is 36.1 Å². The SMILES string of the molecule is CN1CCc2cc(C(=O)O)oc2CC1. The molecule has 4 nitrogen and oxygen atoms in total. The minimum absolute atomic E-state index is 0.0690. The van der Waals surface area contributed by atoms with Gasteiger partial charge < -0.3 is 14.4 Å². The van der Waals surface area contributed by atoms with Gasteiger partial charge in [0.05, 0.1) is 0 Å². The van der Waals surface area contributed by atoms with Crippen LogP contribution >= 0.6 is 0 Å². The van der Waals surface area contributed by atoms with Gasteiger partial charge in [-0.1, -0.05) is 0 Å². The lowest BCUT2D eigenvalue weighted by Gasteiger charge is -2.10. The Balaban J connectivity index is 2.26. The number of aromatic carboxylic acids is 1. The van der Waals surface area contributed by atoms with Crippen molar-refractivity contribution < 1.29 is 14.3 Å². The van der Waals surface area contributed by atoms with E-state index < -0.39 is 5.97 Å². The molecule has 1 aliphatic rings. The van der Waals surface area contributed by atoms with Crippen LogP contribution in [0.4, 0.5) is 0 Å². The van der Waals surface area contributed by atoms with Gasteiger partial charge in [-0.15, -0.1) is 0 Å².